The van der Waals surface area contributed by atoms with Gasteiger partial charge in [-0.05, 0) is 48.2 Å². The predicted octanol–water partition coefficient (Wildman–Crippen LogP) is 4.35. The van der Waals surface area contributed by atoms with Crippen LogP contribution in [0.15, 0.2) is 42.5 Å². The van der Waals surface area contributed by atoms with Crippen molar-refractivity contribution in [3.05, 3.63) is 58.1 Å². The van der Waals surface area contributed by atoms with Crippen molar-refractivity contribution in [3.63, 3.8) is 0 Å². The summed E-state index contributed by atoms with van der Waals surface area (Å²) in [4.78, 5) is 28.2. The molecule has 0 radical (unpaired) electrons. The molecule has 0 saturated heterocycles. The van der Waals surface area contributed by atoms with Crippen LogP contribution in [0.4, 0.5) is 5.69 Å². The van der Waals surface area contributed by atoms with Gasteiger partial charge >= 0.3 is 0 Å². The minimum atomic E-state index is -3.90. The number of carbonyl (C=O) groups is 2. The van der Waals surface area contributed by atoms with Crippen molar-refractivity contribution in [2.45, 2.75) is 39.8 Å². The number of nitrogens with one attached hydrogen (secondary N) is 1. The van der Waals surface area contributed by atoms with Crippen LogP contribution in [0.1, 0.15) is 32.8 Å². The van der Waals surface area contributed by atoms with E-state index in [0.717, 1.165) is 16.1 Å². The van der Waals surface area contributed by atoms with Crippen LogP contribution < -0.4 is 14.4 Å². The van der Waals surface area contributed by atoms with Crippen molar-refractivity contribution < 1.29 is 22.7 Å². The van der Waals surface area contributed by atoms with Gasteiger partial charge in [-0.15, -0.1) is 0 Å². The second-order valence-electron chi connectivity index (χ2n) is 8.80. The summed E-state index contributed by atoms with van der Waals surface area (Å²) in [6.07, 6.45) is 1.32. The summed E-state index contributed by atoms with van der Waals surface area (Å²) < 4.78 is 31.6. The molecule has 11 heteroatoms. The molecule has 8 nitrogen and oxygen atoms in total. The van der Waals surface area contributed by atoms with E-state index in [-0.39, 0.29) is 29.1 Å². The smallest absolute Gasteiger partial charge is 0.244 e. The average molecular weight is 559 g/mol. The van der Waals surface area contributed by atoms with Gasteiger partial charge in [-0.25, -0.2) is 8.42 Å². The molecule has 2 amide bonds. The van der Waals surface area contributed by atoms with Gasteiger partial charge in [0.1, 0.15) is 18.3 Å². The van der Waals surface area contributed by atoms with Gasteiger partial charge in [0.2, 0.25) is 21.8 Å². The first-order valence-corrected chi connectivity index (χ1v) is 14.1. The number of nitrogens with zero attached hydrogens (tertiary/aromatic N) is 2. The third-order valence-corrected chi connectivity index (χ3v) is 7.08. The average Bonchev–Trinajstić information content (AvgIpc) is 2.80. The summed E-state index contributed by atoms with van der Waals surface area (Å²) in [5.74, 6) is -0.0386. The van der Waals surface area contributed by atoms with Crippen LogP contribution in [0.25, 0.3) is 0 Å². The number of hydrogen-bond donors (Lipinski definition) is 1. The van der Waals surface area contributed by atoms with E-state index in [2.05, 4.69) is 5.32 Å². The fraction of sp³-hybridized carbons (Fsp3) is 0.440. The lowest BCUT2D eigenvalue weighted by Crippen LogP contribution is -2.52. The van der Waals surface area contributed by atoms with Crippen molar-refractivity contribution in [1.29, 1.82) is 0 Å². The lowest BCUT2D eigenvalue weighted by molar-refractivity contribution is -0.140. The molecule has 0 aliphatic rings. The zero-order chi connectivity index (χ0) is 27.0. The van der Waals surface area contributed by atoms with Crippen LogP contribution in [0, 0.1) is 5.92 Å². The third-order valence-electron chi connectivity index (χ3n) is 5.42. The summed E-state index contributed by atoms with van der Waals surface area (Å²) in [5.41, 5.74) is 0.851. The number of benzene rings is 2. The van der Waals surface area contributed by atoms with E-state index < -0.39 is 28.5 Å². The largest absolute Gasteiger partial charge is 0.497 e. The molecule has 0 spiro atoms. The van der Waals surface area contributed by atoms with Gasteiger partial charge < -0.3 is 15.0 Å². The highest BCUT2D eigenvalue weighted by Crippen LogP contribution is 2.30. The lowest BCUT2D eigenvalue weighted by atomic mass is 10.1. The summed E-state index contributed by atoms with van der Waals surface area (Å²) in [5, 5.41) is 3.30. The second-order valence-corrected chi connectivity index (χ2v) is 11.6. The molecule has 0 aliphatic carbocycles. The number of halogens is 2. The van der Waals surface area contributed by atoms with Crippen LogP contribution >= 0.6 is 23.2 Å². The topological polar surface area (TPSA) is 96.0 Å². The molecular formula is C25H33Cl2N3O5S. The molecule has 0 saturated carbocycles. The Labute approximate surface area is 223 Å². The van der Waals surface area contributed by atoms with Gasteiger partial charge in [0.05, 0.1) is 24.1 Å². The Balaban J connectivity index is 2.47. The predicted molar refractivity (Wildman–Crippen MR) is 144 cm³/mol. The molecule has 0 aromatic heterocycles. The first-order chi connectivity index (χ1) is 16.9. The monoisotopic (exact) mass is 557 g/mol. The van der Waals surface area contributed by atoms with E-state index in [1.54, 1.807) is 25.1 Å². The van der Waals surface area contributed by atoms with Crippen LogP contribution in [-0.2, 0) is 26.2 Å². The van der Waals surface area contributed by atoms with E-state index in [1.165, 1.54) is 30.2 Å². The normalized spacial score (nSPS) is 12.2. The Morgan fingerprint density at radius 3 is 2.36 bits per heavy atom. The summed E-state index contributed by atoms with van der Waals surface area (Å²) in [7, 11) is -2.36. The van der Waals surface area contributed by atoms with Crippen molar-refractivity contribution in [3.8, 4) is 5.75 Å². The molecule has 0 bridgehead atoms. The number of carbonyl (C=O) groups excluding carboxylic acids is 2. The quantitative estimate of drug-likeness (QED) is 0.418. The highest BCUT2D eigenvalue weighted by atomic mass is 35.5. The first-order valence-electron chi connectivity index (χ1n) is 11.5. The zero-order valence-corrected chi connectivity index (χ0v) is 23.5. The Morgan fingerprint density at radius 2 is 1.81 bits per heavy atom. The Bertz CT molecular complexity index is 1170. The maximum absolute atomic E-state index is 13.7. The van der Waals surface area contributed by atoms with E-state index in [9.17, 15) is 18.0 Å². The number of rotatable bonds is 12. The maximum Gasteiger partial charge on any atom is 0.244 e. The van der Waals surface area contributed by atoms with Crippen LogP contribution in [-0.4, -0.2) is 57.6 Å². The van der Waals surface area contributed by atoms with E-state index >= 15 is 0 Å². The summed E-state index contributed by atoms with van der Waals surface area (Å²) >= 11 is 12.2. The molecular weight excluding hydrogens is 525 g/mol. The van der Waals surface area contributed by atoms with Gasteiger partial charge in [0.15, 0.2) is 0 Å². The molecule has 1 unspecified atom stereocenters. The molecule has 36 heavy (non-hydrogen) atoms. The van der Waals surface area contributed by atoms with Crippen LogP contribution in [0.3, 0.4) is 0 Å². The molecule has 2 aromatic carbocycles. The number of anilines is 1. The van der Waals surface area contributed by atoms with E-state index in [4.69, 9.17) is 27.9 Å². The minimum Gasteiger partial charge on any atom is -0.497 e. The molecule has 1 N–H and O–H groups in total. The molecule has 2 rings (SSSR count). The standard InChI is InChI=1S/C25H33Cl2N3O5S/c1-6-22(25(32)28-14-17(2)3)29(15-18-8-7-9-20(12-18)35-4)24(31)16-30(36(5,33)34)23-11-10-19(26)13-21(23)27/h7-13,17,22H,6,14-16H2,1-5H3,(H,28,32). The number of amides is 2. The Morgan fingerprint density at radius 1 is 1.11 bits per heavy atom. The molecule has 0 aliphatic heterocycles. The van der Waals surface area contributed by atoms with Crippen LogP contribution in [0.5, 0.6) is 5.75 Å². The highest BCUT2D eigenvalue weighted by Gasteiger charge is 2.32. The first kappa shape index (κ1) is 29.7. The molecule has 198 valence electrons. The SMILES string of the molecule is CCC(C(=O)NCC(C)C)N(Cc1cccc(OC)c1)C(=O)CN(c1ccc(Cl)cc1Cl)S(C)(=O)=O. The lowest BCUT2D eigenvalue weighted by Gasteiger charge is -2.33. The summed E-state index contributed by atoms with van der Waals surface area (Å²) in [6.45, 7) is 5.73. The number of methoxy groups -OCH3 is 1. The van der Waals surface area contributed by atoms with E-state index in [0.29, 0.717) is 23.7 Å². The van der Waals surface area contributed by atoms with Crippen molar-refractivity contribution in [1.82, 2.24) is 10.2 Å². The highest BCUT2D eigenvalue weighted by molar-refractivity contribution is 7.92. The van der Waals surface area contributed by atoms with Crippen molar-refractivity contribution in [2.75, 3.05) is 30.8 Å². The zero-order valence-electron chi connectivity index (χ0n) is 21.1. The molecule has 2 aromatic rings. The molecule has 0 fully saturated rings. The summed E-state index contributed by atoms with van der Waals surface area (Å²) in [6, 6.07) is 10.7. The van der Waals surface area contributed by atoms with Gasteiger partial charge in [-0.1, -0.05) is 56.1 Å². The third kappa shape index (κ3) is 8.28. The van der Waals surface area contributed by atoms with E-state index in [1.807, 2.05) is 19.9 Å². The van der Waals surface area contributed by atoms with Gasteiger partial charge in [0, 0.05) is 18.1 Å². The number of sulfonamides is 1. The van der Waals surface area contributed by atoms with Crippen molar-refractivity contribution >= 4 is 50.7 Å². The van der Waals surface area contributed by atoms with Gasteiger partial charge in [-0.2, -0.15) is 0 Å². The molecule has 0 heterocycles. The number of ether oxygens (including phenoxy) is 1. The molecule has 1 atom stereocenters. The maximum atomic E-state index is 13.7. The van der Waals surface area contributed by atoms with Crippen molar-refractivity contribution in [2.24, 2.45) is 5.92 Å². The Hall–Kier alpha value is -2.49. The minimum absolute atomic E-state index is 0.0790. The second kappa shape index (κ2) is 13.2. The van der Waals surface area contributed by atoms with Gasteiger partial charge in [-0.3, -0.25) is 13.9 Å². The van der Waals surface area contributed by atoms with Crippen LogP contribution in [0.2, 0.25) is 10.0 Å². The Kier molecular flexibility index (Phi) is 10.9. The number of hydrogen-bond acceptors (Lipinski definition) is 5. The fourth-order valence-electron chi connectivity index (χ4n) is 3.59. The van der Waals surface area contributed by atoms with Gasteiger partial charge in [0.25, 0.3) is 0 Å². The fourth-order valence-corrected chi connectivity index (χ4v) is 5.01.